The highest BCUT2D eigenvalue weighted by atomic mass is 16.5. The number of benzene rings is 2. The summed E-state index contributed by atoms with van der Waals surface area (Å²) in [5.41, 5.74) is 3.89. The van der Waals surface area contributed by atoms with E-state index in [-0.39, 0.29) is 11.8 Å². The van der Waals surface area contributed by atoms with Crippen molar-refractivity contribution in [2.75, 3.05) is 17.2 Å². The average Bonchev–Trinajstić information content (AvgIpc) is 2.59. The van der Waals surface area contributed by atoms with Crippen LogP contribution >= 0.6 is 0 Å². The van der Waals surface area contributed by atoms with Crippen LogP contribution in [0.15, 0.2) is 42.5 Å². The Kier molecular flexibility index (Phi) is 5.33. The van der Waals surface area contributed by atoms with Crippen molar-refractivity contribution in [1.82, 2.24) is 0 Å². The molecule has 1 aliphatic rings. The monoisotopic (exact) mass is 338 g/mol. The number of nitrogens with one attached hydrogen (secondary N) is 2. The average molecular weight is 338 g/mol. The van der Waals surface area contributed by atoms with Gasteiger partial charge in [-0.1, -0.05) is 12.1 Å². The molecule has 3 rings (SSSR count). The Morgan fingerprint density at radius 1 is 1.20 bits per heavy atom. The third-order valence-corrected chi connectivity index (χ3v) is 4.09. The predicted molar refractivity (Wildman–Crippen MR) is 97.9 cm³/mol. The van der Waals surface area contributed by atoms with Crippen LogP contribution in [-0.2, 0) is 16.0 Å². The van der Waals surface area contributed by atoms with Crippen molar-refractivity contribution in [3.63, 3.8) is 0 Å². The highest BCUT2D eigenvalue weighted by Crippen LogP contribution is 2.26. The summed E-state index contributed by atoms with van der Waals surface area (Å²) in [5.74, 6) is 0.817. The third kappa shape index (κ3) is 4.83. The molecule has 1 heterocycles. The number of aryl methyl sites for hydroxylation is 2. The fourth-order valence-corrected chi connectivity index (χ4v) is 2.82. The van der Waals surface area contributed by atoms with Crippen molar-refractivity contribution in [3.05, 3.63) is 53.6 Å². The number of carbonyl (C=O) groups excluding carboxylic acids is 2. The minimum atomic E-state index is -0.0117. The zero-order chi connectivity index (χ0) is 17.6. The van der Waals surface area contributed by atoms with Gasteiger partial charge in [0.15, 0.2) is 0 Å². The molecule has 0 unspecified atom stereocenters. The van der Waals surface area contributed by atoms with Crippen molar-refractivity contribution in [2.24, 2.45) is 0 Å². The number of anilines is 2. The van der Waals surface area contributed by atoms with E-state index in [0.29, 0.717) is 25.9 Å². The lowest BCUT2D eigenvalue weighted by Gasteiger charge is -2.17. The summed E-state index contributed by atoms with van der Waals surface area (Å²) in [5, 5.41) is 5.74. The summed E-state index contributed by atoms with van der Waals surface area (Å²) >= 11 is 0. The van der Waals surface area contributed by atoms with Crippen LogP contribution in [0, 0.1) is 6.92 Å². The van der Waals surface area contributed by atoms with Gasteiger partial charge in [-0.25, -0.2) is 0 Å². The zero-order valence-electron chi connectivity index (χ0n) is 14.3. The molecular weight excluding hydrogens is 316 g/mol. The van der Waals surface area contributed by atoms with Crippen LogP contribution in [0.4, 0.5) is 11.4 Å². The van der Waals surface area contributed by atoms with Gasteiger partial charge in [0.2, 0.25) is 11.8 Å². The molecule has 0 aromatic heterocycles. The van der Waals surface area contributed by atoms with Crippen molar-refractivity contribution >= 4 is 23.2 Å². The first kappa shape index (κ1) is 17.0. The molecule has 130 valence electrons. The standard InChI is InChI=1S/C20H22N2O3/c1-14-4-2-5-16(12-14)21-19(23)6-3-11-25-17-8-9-18-15(13-17)7-10-20(24)22-18/h2,4-5,8-9,12-13H,3,6-7,10-11H2,1H3,(H,21,23)(H,22,24). The molecule has 0 bridgehead atoms. The van der Waals surface area contributed by atoms with Crippen LogP contribution in [0.5, 0.6) is 5.75 Å². The van der Waals surface area contributed by atoms with Gasteiger partial charge in [0, 0.05) is 24.2 Å². The molecule has 0 saturated carbocycles. The second kappa shape index (κ2) is 7.83. The van der Waals surface area contributed by atoms with Crippen LogP contribution in [0.1, 0.15) is 30.4 Å². The van der Waals surface area contributed by atoms with E-state index in [1.165, 1.54) is 0 Å². The Morgan fingerprint density at radius 2 is 2.08 bits per heavy atom. The van der Waals surface area contributed by atoms with E-state index in [2.05, 4.69) is 10.6 Å². The van der Waals surface area contributed by atoms with Crippen molar-refractivity contribution in [3.8, 4) is 5.75 Å². The van der Waals surface area contributed by atoms with Gasteiger partial charge >= 0.3 is 0 Å². The quantitative estimate of drug-likeness (QED) is 0.790. The van der Waals surface area contributed by atoms with Crippen LogP contribution in [0.25, 0.3) is 0 Å². The maximum Gasteiger partial charge on any atom is 0.224 e. The molecule has 5 nitrogen and oxygen atoms in total. The fourth-order valence-electron chi connectivity index (χ4n) is 2.82. The van der Waals surface area contributed by atoms with E-state index in [9.17, 15) is 9.59 Å². The largest absolute Gasteiger partial charge is 0.494 e. The number of amides is 2. The lowest BCUT2D eigenvalue weighted by Crippen LogP contribution is -2.18. The molecule has 2 amide bonds. The molecule has 0 spiro atoms. The van der Waals surface area contributed by atoms with Gasteiger partial charge in [-0.05, 0) is 61.2 Å². The zero-order valence-corrected chi connectivity index (χ0v) is 14.3. The molecule has 25 heavy (non-hydrogen) atoms. The van der Waals surface area contributed by atoms with E-state index in [0.717, 1.165) is 34.7 Å². The number of carbonyl (C=O) groups is 2. The molecule has 0 atom stereocenters. The van der Waals surface area contributed by atoms with E-state index in [1.54, 1.807) is 0 Å². The van der Waals surface area contributed by atoms with Crippen molar-refractivity contribution in [2.45, 2.75) is 32.6 Å². The van der Waals surface area contributed by atoms with Gasteiger partial charge in [-0.3, -0.25) is 9.59 Å². The van der Waals surface area contributed by atoms with Crippen LogP contribution < -0.4 is 15.4 Å². The van der Waals surface area contributed by atoms with Crippen LogP contribution in [0.2, 0.25) is 0 Å². The SMILES string of the molecule is Cc1cccc(NC(=O)CCCOc2ccc3c(c2)CCC(=O)N3)c1. The number of hydrogen-bond donors (Lipinski definition) is 2. The topological polar surface area (TPSA) is 67.4 Å². The Bertz CT molecular complexity index is 786. The third-order valence-electron chi connectivity index (χ3n) is 4.09. The van der Waals surface area contributed by atoms with E-state index < -0.39 is 0 Å². The molecule has 0 radical (unpaired) electrons. The first-order valence-corrected chi connectivity index (χ1v) is 8.52. The minimum absolute atomic E-state index is 0.0117. The lowest BCUT2D eigenvalue weighted by molar-refractivity contribution is -0.117. The first-order chi connectivity index (χ1) is 12.1. The van der Waals surface area contributed by atoms with Crippen LogP contribution in [0.3, 0.4) is 0 Å². The lowest BCUT2D eigenvalue weighted by atomic mass is 10.0. The van der Waals surface area contributed by atoms with E-state index >= 15 is 0 Å². The summed E-state index contributed by atoms with van der Waals surface area (Å²) in [6, 6.07) is 13.4. The van der Waals surface area contributed by atoms with Gasteiger partial charge in [-0.2, -0.15) is 0 Å². The first-order valence-electron chi connectivity index (χ1n) is 8.52. The number of fused-ring (bicyclic) bond motifs is 1. The van der Waals surface area contributed by atoms with Gasteiger partial charge < -0.3 is 15.4 Å². The molecular formula is C20H22N2O3. The van der Waals surface area contributed by atoms with Crippen molar-refractivity contribution in [1.29, 1.82) is 0 Å². The van der Waals surface area contributed by atoms with Crippen LogP contribution in [-0.4, -0.2) is 18.4 Å². The van der Waals surface area contributed by atoms with Gasteiger partial charge in [0.1, 0.15) is 5.75 Å². The normalized spacial score (nSPS) is 12.9. The van der Waals surface area contributed by atoms with E-state index in [4.69, 9.17) is 4.74 Å². The van der Waals surface area contributed by atoms with Gasteiger partial charge in [-0.15, -0.1) is 0 Å². The predicted octanol–water partition coefficient (Wildman–Crippen LogP) is 3.68. The number of ether oxygens (including phenoxy) is 1. The summed E-state index contributed by atoms with van der Waals surface area (Å²) in [4.78, 5) is 23.3. The smallest absolute Gasteiger partial charge is 0.224 e. The summed E-state index contributed by atoms with van der Waals surface area (Å²) in [6.45, 7) is 2.47. The van der Waals surface area contributed by atoms with Gasteiger partial charge in [0.25, 0.3) is 0 Å². The van der Waals surface area contributed by atoms with Gasteiger partial charge in [0.05, 0.1) is 6.61 Å². The molecule has 0 fully saturated rings. The van der Waals surface area contributed by atoms with E-state index in [1.807, 2.05) is 49.4 Å². The fraction of sp³-hybridized carbons (Fsp3) is 0.300. The number of rotatable bonds is 6. The molecule has 5 heteroatoms. The Labute approximate surface area is 147 Å². The second-order valence-electron chi connectivity index (χ2n) is 6.24. The minimum Gasteiger partial charge on any atom is -0.494 e. The maximum absolute atomic E-state index is 12.0. The molecule has 2 N–H and O–H groups in total. The highest BCUT2D eigenvalue weighted by molar-refractivity contribution is 5.94. The van der Waals surface area contributed by atoms with Crippen molar-refractivity contribution < 1.29 is 14.3 Å². The molecule has 1 aliphatic heterocycles. The highest BCUT2D eigenvalue weighted by Gasteiger charge is 2.15. The molecule has 0 saturated heterocycles. The summed E-state index contributed by atoms with van der Waals surface area (Å²) in [6.07, 6.45) is 2.30. The second-order valence-corrected chi connectivity index (χ2v) is 6.24. The number of hydrogen-bond acceptors (Lipinski definition) is 3. The Morgan fingerprint density at radius 3 is 2.92 bits per heavy atom. The molecule has 0 aliphatic carbocycles. The Hall–Kier alpha value is -2.82. The molecule has 2 aromatic rings. The molecule has 2 aromatic carbocycles. The summed E-state index contributed by atoms with van der Waals surface area (Å²) in [7, 11) is 0. The Balaban J connectivity index is 1.42. The maximum atomic E-state index is 12.0. The summed E-state index contributed by atoms with van der Waals surface area (Å²) < 4.78 is 5.73.